The van der Waals surface area contributed by atoms with Crippen LogP contribution in [0.1, 0.15) is 131 Å². The molecule has 0 aromatic heterocycles. The highest BCUT2D eigenvalue weighted by atomic mass is 35.5. The number of nitrogens with two attached hydrogens (primary N) is 2. The number of carboxylic acid groups (broad SMARTS) is 1. The van der Waals surface area contributed by atoms with E-state index >= 15 is 24.0 Å². The summed E-state index contributed by atoms with van der Waals surface area (Å²) >= 11 is 20.8. The summed E-state index contributed by atoms with van der Waals surface area (Å²) < 4.78 is 52.7. The van der Waals surface area contributed by atoms with E-state index in [2.05, 4.69) is 42.5 Å². The zero-order chi connectivity index (χ0) is 91.9. The molecule has 7 amide bonds. The summed E-state index contributed by atoms with van der Waals surface area (Å²) in [5.74, 6) is -16.5. The number of benzene rings is 7. The number of carboxylic acids is 1. The summed E-state index contributed by atoms with van der Waals surface area (Å²) in [5, 5.41) is 139. The number of nitrogens with zero attached hydrogens (tertiary/aromatic N) is 2. The highest BCUT2D eigenvalue weighted by molar-refractivity contribution is 6.32. The fraction of sp³-hybridized carbons (Fsp3) is 0.419. The van der Waals surface area contributed by atoms with Crippen LogP contribution in [0.3, 0.4) is 0 Å². The second-order valence-electron chi connectivity index (χ2n) is 32.9. The number of amides is 7. The van der Waals surface area contributed by atoms with Crippen LogP contribution in [0.5, 0.6) is 46.0 Å². The van der Waals surface area contributed by atoms with Gasteiger partial charge in [0, 0.05) is 46.2 Å². The SMILES string of the molecule is CN[C@H](CC(C)C)C(=O)N[C@H]1C(=O)N[C@@H](CC(N)=O)C(=O)N[C@H]2C(=O)N[C@H]3C(=O)N[C@H](C(=O)N[C@H](C(=O)O)c4cc(O)cc(O)c4-c4cc3ccc4O)[C@H](O[C@H]3C[C@](C)(N)[C@@H](O)[C@H](C)O3)c3ccc(c(Cl)c3)Oc3cc2cc(c3O[C@@H]2O[C@H](CO)[C@@H](O)[C@H](O)[C@H]2O[C@H]2C[C@](C)(N(Cc3ccc(-c4ccc(Cl)cc4)cc3)N=O)[C@@H](O)[C@H](C)O2)Oc2ccc(cc2Cl)[C@H]1O. The lowest BCUT2D eigenvalue weighted by Gasteiger charge is -2.50. The van der Waals surface area contributed by atoms with Gasteiger partial charge in [-0.2, -0.15) is 0 Å². The number of phenolic OH excluding ortho intramolecular Hbond substituents is 3. The van der Waals surface area contributed by atoms with Crippen molar-refractivity contribution in [3.8, 4) is 68.2 Å². The first-order valence-corrected chi connectivity index (χ1v) is 41.5. The number of nitroso groups, excluding NO2 is 1. The summed E-state index contributed by atoms with van der Waals surface area (Å²) in [6.07, 6.45) is -24.4. The first kappa shape index (κ1) is 93.5. The molecule has 0 saturated carbocycles. The van der Waals surface area contributed by atoms with Gasteiger partial charge in [-0.15, -0.1) is 4.91 Å². The number of halogens is 3. The summed E-state index contributed by atoms with van der Waals surface area (Å²) in [7, 11) is 1.47. The number of rotatable bonds is 20. The topological polar surface area (TPSA) is 582 Å². The second-order valence-corrected chi connectivity index (χ2v) is 34.2. The van der Waals surface area contributed by atoms with Gasteiger partial charge < -0.3 is 138 Å². The molecular formula is C86H96Cl3N11O27. The molecule has 678 valence electrons. The lowest BCUT2D eigenvalue weighted by molar-refractivity contribution is -0.339. The van der Waals surface area contributed by atoms with Crippen LogP contribution in [-0.4, -0.2) is 220 Å². The molecule has 22 atom stereocenters. The van der Waals surface area contributed by atoms with Gasteiger partial charge in [-0.3, -0.25) is 33.6 Å². The largest absolute Gasteiger partial charge is 0.508 e. The van der Waals surface area contributed by atoms with E-state index in [0.29, 0.717) is 10.6 Å². The van der Waals surface area contributed by atoms with Crippen LogP contribution in [0.4, 0.5) is 0 Å². The van der Waals surface area contributed by atoms with Crippen molar-refractivity contribution in [2.75, 3.05) is 13.7 Å². The zero-order valence-electron chi connectivity index (χ0n) is 69.1. The summed E-state index contributed by atoms with van der Waals surface area (Å²) in [4.78, 5) is 134. The maximum Gasteiger partial charge on any atom is 0.330 e. The molecule has 11 bridgehead atoms. The van der Waals surface area contributed by atoms with E-state index in [0.717, 1.165) is 70.7 Å². The third-order valence-electron chi connectivity index (χ3n) is 23.2. The summed E-state index contributed by atoms with van der Waals surface area (Å²) in [6, 6.07) is 13.4. The van der Waals surface area contributed by atoms with Crippen LogP contribution in [0, 0.1) is 10.8 Å². The van der Waals surface area contributed by atoms with E-state index in [1.54, 1.807) is 24.3 Å². The third-order valence-corrected chi connectivity index (χ3v) is 24.1. The van der Waals surface area contributed by atoms with E-state index in [1.807, 2.05) is 38.1 Å². The molecule has 0 spiro atoms. The van der Waals surface area contributed by atoms with Gasteiger partial charge >= 0.3 is 5.97 Å². The number of carbonyl (C=O) groups is 8. The van der Waals surface area contributed by atoms with E-state index in [4.69, 9.17) is 84.2 Å². The Hall–Kier alpha value is -11.2. The number of ether oxygens (including phenoxy) is 8. The number of aliphatic hydroxyl groups is 6. The Morgan fingerprint density at radius 1 is 0.654 bits per heavy atom. The Balaban J connectivity index is 1.02. The molecule has 127 heavy (non-hydrogen) atoms. The Labute approximate surface area is 740 Å². The molecule has 21 N–H and O–H groups in total. The molecule has 0 aliphatic carbocycles. The monoisotopic (exact) mass is 1820 g/mol. The molecule has 3 saturated heterocycles. The number of nitrogens with one attached hydrogen (secondary N) is 7. The molecule has 0 radical (unpaired) electrons. The molecule has 7 aromatic rings. The normalized spacial score (nSPS) is 29.4. The van der Waals surface area contributed by atoms with Crippen molar-refractivity contribution in [2.24, 2.45) is 22.7 Å². The standard InChI is InChI=1S/C86H96Cl3N11O27/c1-35(2)22-51(92-7)77(111)97-67-69(106)42-15-20-55(49(88)24-42)122-57-26-44-27-58(73(57)127-84-74(71(108)70(107)59(34-101)124-84)126-62-32-86(6,76(110)37(4)121-62)100(99-119)33-38-8-10-39(11-9-38)40-12-17-45(87)18-13-40)123-56-21-16-43(25-50(56)89)72(125-61-31-85(5,91)75(109)36(3)120-61)68-82(116)96-66(83(117)118)48-28-46(102)29-54(104)63(48)47-23-41(14-19-53(47)103)64(79(113)98-68)95-80(114)65(44)94-78(112)52(30-60(90)105)93-81(67)115/h8-21,23-29,35-37,51-52,59,61-62,64-72,74-76,84,92,101-104,106-110H,22,30-34,91H2,1-7H3,(H2,90,105)(H,93,115)(H,94,112)(H,95,114)(H,96,116)(H,97,111)(H,98,113)(H,117,118)/t36-,37-,51+,52-,59+,61-,62-,64+,65+,66-,67+,68-,69+,70+,71-,72+,74+,75-,76-,84-,85-,86-/m0/s1. The fourth-order valence-electron chi connectivity index (χ4n) is 16.4. The molecule has 38 nitrogen and oxygen atoms in total. The average molecular weight is 1820 g/mol. The van der Waals surface area contributed by atoms with Crippen LogP contribution in [0.15, 0.2) is 133 Å². The van der Waals surface area contributed by atoms with Crippen LogP contribution < -0.4 is 62.9 Å². The number of phenols is 3. The number of primary amides is 1. The Kier molecular flexibility index (Phi) is 28.3. The number of hydrogen-bond donors (Lipinski definition) is 19. The maximum absolute atomic E-state index is 16.6. The van der Waals surface area contributed by atoms with Gasteiger partial charge in [0.15, 0.2) is 36.2 Å². The Morgan fingerprint density at radius 2 is 1.24 bits per heavy atom. The zero-order valence-corrected chi connectivity index (χ0v) is 71.4. The molecule has 7 aromatic carbocycles. The number of aliphatic hydroxyl groups excluding tert-OH is 6. The maximum atomic E-state index is 16.6. The van der Waals surface area contributed by atoms with Gasteiger partial charge in [0.25, 0.3) is 0 Å². The van der Waals surface area contributed by atoms with Gasteiger partial charge in [-0.05, 0) is 153 Å². The molecule has 8 aliphatic rings. The van der Waals surface area contributed by atoms with Gasteiger partial charge in [0.2, 0.25) is 53.4 Å². The van der Waals surface area contributed by atoms with Crippen LogP contribution in [-0.2, 0) is 68.6 Å². The second kappa shape index (κ2) is 38.4. The van der Waals surface area contributed by atoms with E-state index in [1.165, 1.54) is 59.0 Å². The van der Waals surface area contributed by atoms with E-state index in [-0.39, 0.29) is 42.0 Å². The molecule has 3 fully saturated rings. The predicted molar refractivity (Wildman–Crippen MR) is 450 cm³/mol. The lowest BCUT2D eigenvalue weighted by atomic mass is 9.84. The third kappa shape index (κ3) is 20.1. The van der Waals surface area contributed by atoms with Crippen molar-refractivity contribution in [3.63, 3.8) is 0 Å². The number of carbonyl (C=O) groups excluding carboxylic acids is 7. The minimum Gasteiger partial charge on any atom is -0.508 e. The first-order valence-electron chi connectivity index (χ1n) is 40.4. The molecule has 0 unspecified atom stereocenters. The van der Waals surface area contributed by atoms with Crippen molar-refractivity contribution < 1.29 is 127 Å². The highest BCUT2D eigenvalue weighted by Gasteiger charge is 2.55. The highest BCUT2D eigenvalue weighted by Crippen LogP contribution is 2.51. The Morgan fingerprint density at radius 3 is 1.84 bits per heavy atom. The minimum absolute atomic E-state index is 0.131. The minimum atomic E-state index is -2.43. The van der Waals surface area contributed by atoms with E-state index in [9.17, 15) is 70.4 Å². The van der Waals surface area contributed by atoms with Gasteiger partial charge in [0.1, 0.15) is 95.6 Å². The number of likely N-dealkylation sites (N-methyl/N-ethyl adjacent to an activating group) is 1. The van der Waals surface area contributed by atoms with E-state index < -0.39 is 278 Å². The van der Waals surface area contributed by atoms with Gasteiger partial charge in [-0.1, -0.05) is 103 Å². The van der Waals surface area contributed by atoms with Crippen molar-refractivity contribution in [2.45, 2.75) is 207 Å². The lowest BCUT2D eigenvalue weighted by Crippen LogP contribution is -2.65. The predicted octanol–water partition coefficient (Wildman–Crippen LogP) is 4.89. The molecule has 41 heteroatoms. The number of aromatic hydroxyl groups is 3. The Bertz CT molecular complexity index is 5350. The van der Waals surface area contributed by atoms with Gasteiger partial charge in [0.05, 0.1) is 64.8 Å². The molecular weight excluding hydrogens is 1730 g/mol. The molecule has 8 aliphatic heterocycles. The number of fused-ring (bicyclic) bond motifs is 15. The first-order chi connectivity index (χ1) is 60.1. The van der Waals surface area contributed by atoms with Crippen LogP contribution in [0.2, 0.25) is 15.1 Å². The summed E-state index contributed by atoms with van der Waals surface area (Å²) in [5.41, 5.74) is 8.60. The fourth-order valence-corrected chi connectivity index (χ4v) is 17.0. The molecule has 8 heterocycles. The van der Waals surface area contributed by atoms with Crippen molar-refractivity contribution in [1.29, 1.82) is 0 Å². The van der Waals surface area contributed by atoms with Crippen molar-refractivity contribution in [1.82, 2.24) is 42.2 Å². The number of aliphatic carboxylic acids is 1. The summed E-state index contributed by atoms with van der Waals surface area (Å²) in [6.45, 7) is 8.28. The van der Waals surface area contributed by atoms with Crippen LogP contribution in [0.25, 0.3) is 22.3 Å². The molecule has 15 rings (SSSR count). The van der Waals surface area contributed by atoms with Crippen molar-refractivity contribution in [3.05, 3.63) is 181 Å². The van der Waals surface area contributed by atoms with Gasteiger partial charge in [-0.25, -0.2) is 9.80 Å². The smallest absolute Gasteiger partial charge is 0.330 e. The van der Waals surface area contributed by atoms with Crippen molar-refractivity contribution >= 4 is 82.1 Å². The average Bonchev–Trinajstić information content (AvgIpc) is 0.763. The number of hydrogen-bond acceptors (Lipinski definition) is 29. The quantitative estimate of drug-likeness (QED) is 0.0357. The van der Waals surface area contributed by atoms with Crippen LogP contribution >= 0.6 is 34.8 Å².